The number of rotatable bonds is 5. The van der Waals surface area contributed by atoms with Gasteiger partial charge in [0, 0.05) is 0 Å². The summed E-state index contributed by atoms with van der Waals surface area (Å²) in [5, 5.41) is 0. The molecule has 4 heteroatoms. The SMILES string of the molecule is CC(C)OCCOC(=O)C(C)(C)N. The lowest BCUT2D eigenvalue weighted by atomic mass is 10.1. The lowest BCUT2D eigenvalue weighted by molar-refractivity contribution is -0.150. The van der Waals surface area contributed by atoms with E-state index in [1.807, 2.05) is 13.8 Å². The zero-order chi connectivity index (χ0) is 10.5. The van der Waals surface area contributed by atoms with Crippen LogP contribution in [0.3, 0.4) is 0 Å². The van der Waals surface area contributed by atoms with Crippen LogP contribution < -0.4 is 5.73 Å². The highest BCUT2D eigenvalue weighted by molar-refractivity contribution is 5.79. The number of carbonyl (C=O) groups excluding carboxylic acids is 1. The Morgan fingerprint density at radius 2 is 1.92 bits per heavy atom. The van der Waals surface area contributed by atoms with Crippen LogP contribution in [-0.2, 0) is 14.3 Å². The molecule has 0 amide bonds. The molecule has 78 valence electrons. The fourth-order valence-corrected chi connectivity index (χ4v) is 0.604. The third-order valence-corrected chi connectivity index (χ3v) is 1.29. The second-order valence-electron chi connectivity index (χ2n) is 3.78. The van der Waals surface area contributed by atoms with Crippen molar-refractivity contribution in [1.29, 1.82) is 0 Å². The molecule has 0 aliphatic heterocycles. The Balaban J connectivity index is 3.49. The Hall–Kier alpha value is -0.610. The van der Waals surface area contributed by atoms with Crippen LogP contribution in [0, 0.1) is 0 Å². The average molecular weight is 189 g/mol. The molecule has 0 heterocycles. The maximum atomic E-state index is 11.1. The third-order valence-electron chi connectivity index (χ3n) is 1.29. The van der Waals surface area contributed by atoms with Crippen LogP contribution in [0.15, 0.2) is 0 Å². The number of esters is 1. The molecule has 0 saturated carbocycles. The Labute approximate surface area is 79.4 Å². The Kier molecular flexibility index (Phi) is 4.95. The Morgan fingerprint density at radius 3 is 2.31 bits per heavy atom. The molecular formula is C9H19NO3. The monoisotopic (exact) mass is 189 g/mol. The molecule has 0 radical (unpaired) electrons. The number of hydrogen-bond acceptors (Lipinski definition) is 4. The number of hydrogen-bond donors (Lipinski definition) is 1. The quantitative estimate of drug-likeness (QED) is 0.510. The van der Waals surface area contributed by atoms with Gasteiger partial charge in [-0.1, -0.05) is 0 Å². The highest BCUT2D eigenvalue weighted by atomic mass is 16.6. The summed E-state index contributed by atoms with van der Waals surface area (Å²) in [6.45, 7) is 7.75. The van der Waals surface area contributed by atoms with Gasteiger partial charge in [-0.25, -0.2) is 0 Å². The zero-order valence-electron chi connectivity index (χ0n) is 8.79. The summed E-state index contributed by atoms with van der Waals surface area (Å²) >= 11 is 0. The topological polar surface area (TPSA) is 61.5 Å². The van der Waals surface area contributed by atoms with Crippen molar-refractivity contribution in [3.05, 3.63) is 0 Å². The molecule has 0 atom stereocenters. The fraction of sp³-hybridized carbons (Fsp3) is 0.889. The van der Waals surface area contributed by atoms with Gasteiger partial charge in [0.15, 0.2) is 0 Å². The minimum Gasteiger partial charge on any atom is -0.462 e. The normalized spacial score (nSPS) is 11.8. The summed E-state index contributed by atoms with van der Waals surface area (Å²) in [6.07, 6.45) is 0.157. The van der Waals surface area contributed by atoms with Crippen LogP contribution in [0.5, 0.6) is 0 Å². The standard InChI is InChI=1S/C9H19NO3/c1-7(2)12-5-6-13-8(11)9(3,4)10/h7H,5-6,10H2,1-4H3. The van der Waals surface area contributed by atoms with Crippen molar-refractivity contribution >= 4 is 5.97 Å². The van der Waals surface area contributed by atoms with Crippen molar-refractivity contribution in [3.63, 3.8) is 0 Å². The van der Waals surface area contributed by atoms with Crippen molar-refractivity contribution in [2.24, 2.45) is 5.73 Å². The van der Waals surface area contributed by atoms with E-state index in [0.717, 1.165) is 0 Å². The van der Waals surface area contributed by atoms with E-state index in [1.165, 1.54) is 0 Å². The van der Waals surface area contributed by atoms with Gasteiger partial charge < -0.3 is 15.2 Å². The molecule has 13 heavy (non-hydrogen) atoms. The van der Waals surface area contributed by atoms with Crippen LogP contribution in [0.25, 0.3) is 0 Å². The third kappa shape index (κ3) is 6.54. The number of nitrogens with two attached hydrogens (primary N) is 1. The van der Waals surface area contributed by atoms with E-state index in [4.69, 9.17) is 15.2 Å². The van der Waals surface area contributed by atoms with Gasteiger partial charge in [0.25, 0.3) is 0 Å². The van der Waals surface area contributed by atoms with Crippen LogP contribution in [0.4, 0.5) is 0 Å². The summed E-state index contributed by atoms with van der Waals surface area (Å²) in [5.74, 6) is -0.403. The first kappa shape index (κ1) is 12.4. The molecule has 0 bridgehead atoms. The van der Waals surface area contributed by atoms with Crippen molar-refractivity contribution in [1.82, 2.24) is 0 Å². The fourth-order valence-electron chi connectivity index (χ4n) is 0.604. The molecule has 0 saturated heterocycles. The van der Waals surface area contributed by atoms with Crippen molar-refractivity contribution in [2.45, 2.75) is 39.3 Å². The van der Waals surface area contributed by atoms with E-state index in [-0.39, 0.29) is 12.7 Å². The van der Waals surface area contributed by atoms with Crippen LogP contribution in [-0.4, -0.2) is 30.8 Å². The van der Waals surface area contributed by atoms with Gasteiger partial charge in [0.05, 0.1) is 12.7 Å². The van der Waals surface area contributed by atoms with E-state index in [0.29, 0.717) is 6.61 Å². The smallest absolute Gasteiger partial charge is 0.325 e. The lowest BCUT2D eigenvalue weighted by Gasteiger charge is -2.16. The van der Waals surface area contributed by atoms with E-state index in [1.54, 1.807) is 13.8 Å². The molecule has 0 unspecified atom stereocenters. The van der Waals surface area contributed by atoms with Crippen molar-refractivity contribution < 1.29 is 14.3 Å². The van der Waals surface area contributed by atoms with E-state index >= 15 is 0 Å². The van der Waals surface area contributed by atoms with Gasteiger partial charge in [-0.15, -0.1) is 0 Å². The van der Waals surface area contributed by atoms with E-state index in [2.05, 4.69) is 0 Å². The van der Waals surface area contributed by atoms with Crippen LogP contribution in [0.1, 0.15) is 27.7 Å². The van der Waals surface area contributed by atoms with E-state index in [9.17, 15) is 4.79 Å². The summed E-state index contributed by atoms with van der Waals surface area (Å²) in [7, 11) is 0. The molecule has 0 aliphatic rings. The lowest BCUT2D eigenvalue weighted by Crippen LogP contribution is -2.43. The first-order chi connectivity index (χ1) is 5.84. The maximum Gasteiger partial charge on any atom is 0.325 e. The summed E-state index contributed by atoms with van der Waals surface area (Å²) in [4.78, 5) is 11.1. The molecular weight excluding hydrogens is 170 g/mol. The van der Waals surface area contributed by atoms with Crippen LogP contribution in [0.2, 0.25) is 0 Å². The Morgan fingerprint density at radius 1 is 1.38 bits per heavy atom. The van der Waals surface area contributed by atoms with Crippen molar-refractivity contribution in [2.75, 3.05) is 13.2 Å². The average Bonchev–Trinajstić information content (AvgIpc) is 1.95. The van der Waals surface area contributed by atoms with Gasteiger partial charge in [-0.05, 0) is 27.7 Å². The second-order valence-corrected chi connectivity index (χ2v) is 3.78. The molecule has 0 rings (SSSR count). The van der Waals surface area contributed by atoms with Gasteiger partial charge >= 0.3 is 5.97 Å². The highest BCUT2D eigenvalue weighted by Gasteiger charge is 2.23. The number of ether oxygens (including phenoxy) is 2. The molecule has 0 aromatic heterocycles. The first-order valence-corrected chi connectivity index (χ1v) is 4.41. The van der Waals surface area contributed by atoms with Gasteiger partial charge in [-0.2, -0.15) is 0 Å². The molecule has 2 N–H and O–H groups in total. The van der Waals surface area contributed by atoms with E-state index < -0.39 is 11.5 Å². The number of carbonyl (C=O) groups is 1. The molecule has 0 aromatic rings. The highest BCUT2D eigenvalue weighted by Crippen LogP contribution is 1.99. The zero-order valence-corrected chi connectivity index (χ0v) is 8.79. The Bertz CT molecular complexity index is 161. The minimum atomic E-state index is -0.919. The predicted octanol–water partition coefficient (Wildman–Crippen LogP) is 0.692. The first-order valence-electron chi connectivity index (χ1n) is 4.41. The van der Waals surface area contributed by atoms with Gasteiger partial charge in [-0.3, -0.25) is 4.79 Å². The largest absolute Gasteiger partial charge is 0.462 e. The molecule has 0 aromatic carbocycles. The molecule has 0 aliphatic carbocycles. The van der Waals surface area contributed by atoms with Crippen LogP contribution >= 0.6 is 0 Å². The minimum absolute atomic E-state index is 0.157. The summed E-state index contributed by atoms with van der Waals surface area (Å²) in [5.41, 5.74) is 4.59. The molecule has 4 nitrogen and oxygen atoms in total. The van der Waals surface area contributed by atoms with Gasteiger partial charge in [0.1, 0.15) is 12.1 Å². The second kappa shape index (κ2) is 5.19. The molecule has 0 fully saturated rings. The predicted molar refractivity (Wildman–Crippen MR) is 50.3 cm³/mol. The van der Waals surface area contributed by atoms with Gasteiger partial charge in [0.2, 0.25) is 0 Å². The summed E-state index contributed by atoms with van der Waals surface area (Å²) < 4.78 is 10.1. The molecule has 0 spiro atoms. The maximum absolute atomic E-state index is 11.1. The van der Waals surface area contributed by atoms with Crippen molar-refractivity contribution in [3.8, 4) is 0 Å². The summed E-state index contributed by atoms with van der Waals surface area (Å²) in [6, 6.07) is 0.